The number of rotatable bonds is 2. The zero-order valence-electron chi connectivity index (χ0n) is 10.7. The minimum Gasteiger partial charge on any atom is -0.0587 e. The van der Waals surface area contributed by atoms with Crippen molar-refractivity contribution in [3.05, 3.63) is 70.3 Å². The first-order valence-corrected chi connectivity index (χ1v) is 5.97. The van der Waals surface area contributed by atoms with Crippen molar-refractivity contribution in [2.45, 2.75) is 20.8 Å². The van der Waals surface area contributed by atoms with Crippen LogP contribution in [0.25, 0.3) is 12.2 Å². The lowest BCUT2D eigenvalue weighted by Crippen LogP contribution is -1.82. The average Bonchev–Trinajstić information content (AvgIpc) is 2.30. The Kier molecular flexibility index (Phi) is 3.43. The van der Waals surface area contributed by atoms with Crippen molar-refractivity contribution < 1.29 is 0 Å². The summed E-state index contributed by atoms with van der Waals surface area (Å²) in [5.41, 5.74) is 6.48. The van der Waals surface area contributed by atoms with Gasteiger partial charge in [0.25, 0.3) is 0 Å². The highest BCUT2D eigenvalue weighted by molar-refractivity contribution is 5.71. The summed E-state index contributed by atoms with van der Waals surface area (Å²) in [4.78, 5) is 0. The molecule has 0 fully saturated rings. The quantitative estimate of drug-likeness (QED) is 0.641. The van der Waals surface area contributed by atoms with Crippen LogP contribution >= 0.6 is 0 Å². The molecule has 0 aliphatic heterocycles. The van der Waals surface area contributed by atoms with Gasteiger partial charge < -0.3 is 0 Å². The predicted octanol–water partition coefficient (Wildman–Crippen LogP) is 4.78. The fraction of sp³-hybridized carbons (Fsp3) is 0.176. The molecule has 0 saturated carbocycles. The van der Waals surface area contributed by atoms with Gasteiger partial charge >= 0.3 is 0 Å². The van der Waals surface area contributed by atoms with Crippen molar-refractivity contribution in [1.82, 2.24) is 0 Å². The second-order valence-corrected chi connectivity index (χ2v) is 4.60. The van der Waals surface area contributed by atoms with E-state index < -0.39 is 0 Å². The third kappa shape index (κ3) is 3.07. The minimum absolute atomic E-state index is 1.25. The van der Waals surface area contributed by atoms with E-state index in [1.807, 2.05) is 0 Å². The Morgan fingerprint density at radius 3 is 2.00 bits per heavy atom. The maximum atomic E-state index is 2.22. The smallest absolute Gasteiger partial charge is 0.0227 e. The van der Waals surface area contributed by atoms with Gasteiger partial charge in [-0.1, -0.05) is 65.7 Å². The van der Waals surface area contributed by atoms with E-state index in [4.69, 9.17) is 0 Å². The summed E-state index contributed by atoms with van der Waals surface area (Å²) in [5, 5.41) is 0. The molecule has 0 unspecified atom stereocenters. The zero-order valence-corrected chi connectivity index (χ0v) is 10.7. The Balaban J connectivity index is 2.23. The van der Waals surface area contributed by atoms with E-state index in [-0.39, 0.29) is 0 Å². The summed E-state index contributed by atoms with van der Waals surface area (Å²) < 4.78 is 0. The van der Waals surface area contributed by atoms with Crippen LogP contribution in [0.2, 0.25) is 0 Å². The van der Waals surface area contributed by atoms with Crippen LogP contribution in [0.15, 0.2) is 42.5 Å². The molecule has 0 aromatic heterocycles. The Labute approximate surface area is 104 Å². The molecule has 0 nitrogen and oxygen atoms in total. The molecule has 2 rings (SSSR count). The Bertz CT molecular complexity index is 530. The minimum atomic E-state index is 1.25. The van der Waals surface area contributed by atoms with Crippen LogP contribution in [-0.4, -0.2) is 0 Å². The van der Waals surface area contributed by atoms with Crippen LogP contribution in [0.4, 0.5) is 0 Å². The molecule has 0 atom stereocenters. The molecule has 0 amide bonds. The molecule has 0 N–H and O–H groups in total. The van der Waals surface area contributed by atoms with E-state index in [0.717, 1.165) is 0 Å². The fourth-order valence-electron chi connectivity index (χ4n) is 1.88. The largest absolute Gasteiger partial charge is 0.0587 e. The molecule has 0 spiro atoms. The maximum absolute atomic E-state index is 2.22. The van der Waals surface area contributed by atoms with Gasteiger partial charge in [0, 0.05) is 0 Å². The molecule has 86 valence electrons. The van der Waals surface area contributed by atoms with E-state index in [1.165, 1.54) is 27.8 Å². The first-order chi connectivity index (χ1) is 8.15. The Morgan fingerprint density at radius 1 is 0.706 bits per heavy atom. The topological polar surface area (TPSA) is 0 Å². The number of hydrogen-bond donors (Lipinski definition) is 0. The van der Waals surface area contributed by atoms with Gasteiger partial charge in [-0.2, -0.15) is 0 Å². The monoisotopic (exact) mass is 222 g/mol. The van der Waals surface area contributed by atoms with Crippen molar-refractivity contribution in [1.29, 1.82) is 0 Å². The first kappa shape index (κ1) is 11.7. The summed E-state index contributed by atoms with van der Waals surface area (Å²) in [7, 11) is 0. The summed E-state index contributed by atoms with van der Waals surface area (Å²) in [6, 6.07) is 15.1. The van der Waals surface area contributed by atoms with Crippen LogP contribution in [0.5, 0.6) is 0 Å². The van der Waals surface area contributed by atoms with Crippen LogP contribution in [-0.2, 0) is 0 Å². The van der Waals surface area contributed by atoms with Gasteiger partial charge in [0.1, 0.15) is 0 Å². The molecular formula is C17H18. The Hall–Kier alpha value is -1.82. The summed E-state index contributed by atoms with van der Waals surface area (Å²) in [6.07, 6.45) is 4.34. The molecule has 0 aliphatic carbocycles. The standard InChI is InChI=1S/C17H18/c1-13-4-7-16(8-5-13)9-11-17-10-6-14(2)12-15(17)3/h4-12H,1-3H3. The predicted molar refractivity (Wildman–Crippen MR) is 76.0 cm³/mol. The molecule has 0 heteroatoms. The van der Waals surface area contributed by atoms with Gasteiger partial charge in [-0.15, -0.1) is 0 Å². The normalized spacial score (nSPS) is 11.0. The number of aryl methyl sites for hydroxylation is 3. The first-order valence-electron chi connectivity index (χ1n) is 5.97. The van der Waals surface area contributed by atoms with Gasteiger partial charge in [0.05, 0.1) is 0 Å². The number of benzene rings is 2. The average molecular weight is 222 g/mol. The molecule has 0 aliphatic rings. The molecular weight excluding hydrogens is 204 g/mol. The van der Waals surface area contributed by atoms with Crippen molar-refractivity contribution >= 4 is 12.2 Å². The summed E-state index contributed by atoms with van der Waals surface area (Å²) in [6.45, 7) is 6.39. The molecule has 2 aromatic rings. The summed E-state index contributed by atoms with van der Waals surface area (Å²) in [5.74, 6) is 0. The maximum Gasteiger partial charge on any atom is -0.0227 e. The van der Waals surface area contributed by atoms with Crippen LogP contribution < -0.4 is 0 Å². The zero-order chi connectivity index (χ0) is 12.3. The summed E-state index contributed by atoms with van der Waals surface area (Å²) >= 11 is 0. The Morgan fingerprint density at radius 2 is 1.35 bits per heavy atom. The molecule has 0 bridgehead atoms. The van der Waals surface area contributed by atoms with E-state index >= 15 is 0 Å². The molecule has 0 heterocycles. The third-order valence-corrected chi connectivity index (χ3v) is 2.96. The van der Waals surface area contributed by atoms with E-state index in [0.29, 0.717) is 0 Å². The lowest BCUT2D eigenvalue weighted by atomic mass is 10.0. The highest BCUT2D eigenvalue weighted by atomic mass is 14.0. The van der Waals surface area contributed by atoms with E-state index in [1.54, 1.807) is 0 Å². The van der Waals surface area contributed by atoms with Crippen molar-refractivity contribution in [2.75, 3.05) is 0 Å². The van der Waals surface area contributed by atoms with Crippen LogP contribution in [0, 0.1) is 20.8 Å². The van der Waals surface area contributed by atoms with Gasteiger partial charge in [-0.3, -0.25) is 0 Å². The van der Waals surface area contributed by atoms with Crippen molar-refractivity contribution in [3.63, 3.8) is 0 Å². The molecule has 0 radical (unpaired) electrons. The van der Waals surface area contributed by atoms with E-state index in [9.17, 15) is 0 Å². The molecule has 2 aromatic carbocycles. The SMILES string of the molecule is Cc1ccc(C=Cc2ccc(C)cc2C)cc1. The third-order valence-electron chi connectivity index (χ3n) is 2.96. The highest BCUT2D eigenvalue weighted by Gasteiger charge is 1.94. The van der Waals surface area contributed by atoms with Gasteiger partial charge in [0.15, 0.2) is 0 Å². The lowest BCUT2D eigenvalue weighted by Gasteiger charge is -2.01. The van der Waals surface area contributed by atoms with Crippen LogP contribution in [0.3, 0.4) is 0 Å². The van der Waals surface area contributed by atoms with Crippen molar-refractivity contribution in [3.8, 4) is 0 Å². The molecule has 0 saturated heterocycles. The van der Waals surface area contributed by atoms with Gasteiger partial charge in [0.2, 0.25) is 0 Å². The lowest BCUT2D eigenvalue weighted by molar-refractivity contribution is 1.37. The van der Waals surface area contributed by atoms with E-state index in [2.05, 4.69) is 75.4 Å². The fourth-order valence-corrected chi connectivity index (χ4v) is 1.88. The second-order valence-electron chi connectivity index (χ2n) is 4.60. The van der Waals surface area contributed by atoms with Gasteiger partial charge in [-0.05, 0) is 37.5 Å². The molecule has 17 heavy (non-hydrogen) atoms. The number of hydrogen-bond acceptors (Lipinski definition) is 0. The second kappa shape index (κ2) is 5.01. The van der Waals surface area contributed by atoms with Crippen LogP contribution in [0.1, 0.15) is 27.8 Å². The van der Waals surface area contributed by atoms with Crippen molar-refractivity contribution in [2.24, 2.45) is 0 Å². The van der Waals surface area contributed by atoms with Gasteiger partial charge in [-0.25, -0.2) is 0 Å². The highest BCUT2D eigenvalue weighted by Crippen LogP contribution is 2.14.